The van der Waals surface area contributed by atoms with Crippen molar-refractivity contribution in [1.82, 2.24) is 9.97 Å². The van der Waals surface area contributed by atoms with Crippen LogP contribution in [0.3, 0.4) is 0 Å². The fourth-order valence-corrected chi connectivity index (χ4v) is 5.23. The molecule has 1 amide bonds. The molecule has 0 aliphatic heterocycles. The Balaban J connectivity index is 1.40. The van der Waals surface area contributed by atoms with Crippen molar-refractivity contribution in [1.29, 1.82) is 0 Å². The average Bonchev–Trinajstić information content (AvgIpc) is 2.84. The quantitative estimate of drug-likeness (QED) is 0.308. The fraction of sp³-hybridized carbons (Fsp3) is 0.0800. The number of hydrogen-bond acceptors (Lipinski definition) is 7. The average molecular weight is 538 g/mol. The van der Waals surface area contributed by atoms with E-state index >= 15 is 0 Å². The summed E-state index contributed by atoms with van der Waals surface area (Å²) in [4.78, 5) is 20.6. The van der Waals surface area contributed by atoms with Crippen LogP contribution in [0.5, 0.6) is 0 Å². The minimum Gasteiger partial charge on any atom is -0.322 e. The van der Waals surface area contributed by atoms with E-state index in [2.05, 4.69) is 24.7 Å². The minimum absolute atomic E-state index is 0.0270. The number of hydrogen-bond donors (Lipinski definition) is 3. The van der Waals surface area contributed by atoms with Crippen LogP contribution in [0.25, 0.3) is 0 Å². The SMILES string of the molecule is Cc1ccc(S(=O)(=O)Nc2ccc(C(=O)Nc3ccc(S(=O)(=O)Nc4nccc(C)n4)cc3)cc2)cc1. The molecule has 190 valence electrons. The van der Waals surface area contributed by atoms with E-state index in [4.69, 9.17) is 0 Å². The molecule has 0 fully saturated rings. The van der Waals surface area contributed by atoms with Gasteiger partial charge in [0.1, 0.15) is 0 Å². The summed E-state index contributed by atoms with van der Waals surface area (Å²) in [5, 5.41) is 2.68. The number of carbonyl (C=O) groups excluding carboxylic acids is 1. The lowest BCUT2D eigenvalue weighted by atomic mass is 10.2. The summed E-state index contributed by atoms with van der Waals surface area (Å²) in [7, 11) is -7.68. The second kappa shape index (κ2) is 10.4. The molecule has 0 radical (unpaired) electrons. The van der Waals surface area contributed by atoms with Gasteiger partial charge in [0.15, 0.2) is 0 Å². The highest BCUT2D eigenvalue weighted by Crippen LogP contribution is 2.20. The molecule has 1 heterocycles. The molecule has 10 nitrogen and oxygen atoms in total. The van der Waals surface area contributed by atoms with Gasteiger partial charge in [-0.1, -0.05) is 17.7 Å². The number of rotatable bonds is 8. The first-order chi connectivity index (χ1) is 17.5. The molecule has 1 aromatic heterocycles. The van der Waals surface area contributed by atoms with Crippen LogP contribution in [-0.4, -0.2) is 32.7 Å². The van der Waals surface area contributed by atoms with Crippen molar-refractivity contribution in [3.8, 4) is 0 Å². The van der Waals surface area contributed by atoms with Crippen LogP contribution in [0.2, 0.25) is 0 Å². The Morgan fingerprint density at radius 2 is 1.22 bits per heavy atom. The highest BCUT2D eigenvalue weighted by molar-refractivity contribution is 7.93. The highest BCUT2D eigenvalue weighted by Gasteiger charge is 2.17. The molecule has 3 N–H and O–H groups in total. The molecule has 0 aliphatic rings. The van der Waals surface area contributed by atoms with Gasteiger partial charge >= 0.3 is 0 Å². The van der Waals surface area contributed by atoms with Gasteiger partial charge in [-0.2, -0.15) is 0 Å². The lowest BCUT2D eigenvalue weighted by molar-refractivity contribution is 0.102. The van der Waals surface area contributed by atoms with Crippen molar-refractivity contribution in [3.05, 3.63) is 102 Å². The maximum absolute atomic E-state index is 12.6. The fourth-order valence-electron chi connectivity index (χ4n) is 3.22. The molecule has 0 unspecified atom stereocenters. The van der Waals surface area contributed by atoms with Gasteiger partial charge in [-0.15, -0.1) is 0 Å². The Labute approximate surface area is 214 Å². The topological polar surface area (TPSA) is 147 Å². The zero-order valence-corrected chi connectivity index (χ0v) is 21.5. The molecule has 0 saturated carbocycles. The van der Waals surface area contributed by atoms with Gasteiger partial charge in [0.05, 0.1) is 9.79 Å². The molecule has 12 heteroatoms. The summed E-state index contributed by atoms with van der Waals surface area (Å²) in [5.74, 6) is -0.489. The van der Waals surface area contributed by atoms with Gasteiger partial charge < -0.3 is 5.32 Å². The Kier molecular flexibility index (Phi) is 7.23. The van der Waals surface area contributed by atoms with Gasteiger partial charge in [0, 0.05) is 28.8 Å². The van der Waals surface area contributed by atoms with E-state index in [1.54, 1.807) is 25.1 Å². The summed E-state index contributed by atoms with van der Waals surface area (Å²) in [6, 6.07) is 19.6. The first-order valence-corrected chi connectivity index (χ1v) is 13.9. The number of carbonyl (C=O) groups is 1. The number of anilines is 3. The molecule has 37 heavy (non-hydrogen) atoms. The van der Waals surface area contributed by atoms with E-state index in [0.717, 1.165) is 5.56 Å². The first-order valence-electron chi connectivity index (χ1n) is 11.0. The Hall–Kier alpha value is -4.29. The Morgan fingerprint density at radius 3 is 1.81 bits per heavy atom. The molecular weight excluding hydrogens is 514 g/mol. The molecule has 0 bridgehead atoms. The zero-order valence-electron chi connectivity index (χ0n) is 19.8. The van der Waals surface area contributed by atoms with Crippen LogP contribution in [0.4, 0.5) is 17.3 Å². The van der Waals surface area contributed by atoms with Crippen molar-refractivity contribution < 1.29 is 21.6 Å². The van der Waals surface area contributed by atoms with Gasteiger partial charge in [-0.05, 0) is 80.6 Å². The Morgan fingerprint density at radius 1 is 0.676 bits per heavy atom. The lowest BCUT2D eigenvalue weighted by Crippen LogP contribution is -2.16. The zero-order chi connectivity index (χ0) is 26.6. The number of nitrogens with one attached hydrogen (secondary N) is 3. The maximum atomic E-state index is 12.6. The van der Waals surface area contributed by atoms with Gasteiger partial charge in [-0.25, -0.2) is 31.5 Å². The smallest absolute Gasteiger partial charge is 0.264 e. The van der Waals surface area contributed by atoms with Crippen molar-refractivity contribution in [2.24, 2.45) is 0 Å². The van der Waals surface area contributed by atoms with Crippen LogP contribution < -0.4 is 14.8 Å². The molecule has 0 saturated heterocycles. The standard InChI is InChI=1S/C25H23N5O5S2/c1-17-3-11-22(12-4-17)36(32,33)29-21-7-5-19(6-8-21)24(31)28-20-9-13-23(14-10-20)37(34,35)30-25-26-16-15-18(2)27-25/h3-16,29H,1-2H3,(H,28,31)(H,26,27,30). The highest BCUT2D eigenvalue weighted by atomic mass is 32.2. The largest absolute Gasteiger partial charge is 0.322 e. The van der Waals surface area contributed by atoms with E-state index in [-0.39, 0.29) is 21.3 Å². The van der Waals surface area contributed by atoms with Crippen molar-refractivity contribution in [2.75, 3.05) is 14.8 Å². The number of amides is 1. The van der Waals surface area contributed by atoms with Crippen molar-refractivity contribution in [2.45, 2.75) is 23.6 Å². The predicted octanol–water partition coefficient (Wildman–Crippen LogP) is 3.95. The summed E-state index contributed by atoms with van der Waals surface area (Å²) >= 11 is 0. The van der Waals surface area contributed by atoms with Crippen LogP contribution in [0.1, 0.15) is 21.6 Å². The van der Waals surface area contributed by atoms with Crippen LogP contribution in [-0.2, 0) is 20.0 Å². The molecule has 4 rings (SSSR count). The van der Waals surface area contributed by atoms with Crippen molar-refractivity contribution in [3.63, 3.8) is 0 Å². The maximum Gasteiger partial charge on any atom is 0.264 e. The van der Waals surface area contributed by atoms with Gasteiger partial charge in [0.25, 0.3) is 26.0 Å². The minimum atomic E-state index is -3.91. The van der Waals surface area contributed by atoms with E-state index in [0.29, 0.717) is 17.1 Å². The number of sulfonamides is 2. The van der Waals surface area contributed by atoms with Gasteiger partial charge in [-0.3, -0.25) is 9.52 Å². The van der Waals surface area contributed by atoms with Crippen LogP contribution >= 0.6 is 0 Å². The molecule has 0 atom stereocenters. The first kappa shape index (κ1) is 25.8. The summed E-state index contributed by atoms with van der Waals surface area (Å²) < 4.78 is 55.0. The summed E-state index contributed by atoms with van der Waals surface area (Å²) in [5.41, 5.74) is 2.52. The number of benzene rings is 3. The number of aromatic nitrogens is 2. The molecule has 0 aliphatic carbocycles. The van der Waals surface area contributed by atoms with Crippen molar-refractivity contribution >= 4 is 43.3 Å². The van der Waals surface area contributed by atoms with E-state index < -0.39 is 26.0 Å². The summed E-state index contributed by atoms with van der Waals surface area (Å²) in [6.45, 7) is 3.58. The van der Waals surface area contributed by atoms with Gasteiger partial charge in [0.2, 0.25) is 5.95 Å². The van der Waals surface area contributed by atoms with E-state index in [1.165, 1.54) is 66.9 Å². The third kappa shape index (κ3) is 6.48. The van der Waals surface area contributed by atoms with Crippen LogP contribution in [0, 0.1) is 13.8 Å². The van der Waals surface area contributed by atoms with Crippen LogP contribution in [0.15, 0.2) is 94.9 Å². The van der Waals surface area contributed by atoms with E-state index in [9.17, 15) is 21.6 Å². The normalized spacial score (nSPS) is 11.5. The monoisotopic (exact) mass is 537 g/mol. The molecule has 3 aromatic carbocycles. The summed E-state index contributed by atoms with van der Waals surface area (Å²) in [6.07, 6.45) is 1.45. The number of aryl methyl sites for hydroxylation is 2. The molecule has 4 aromatic rings. The third-order valence-corrected chi connectivity index (χ3v) is 7.91. The second-order valence-corrected chi connectivity index (χ2v) is 11.5. The predicted molar refractivity (Wildman–Crippen MR) is 140 cm³/mol. The van der Waals surface area contributed by atoms with E-state index in [1.807, 2.05) is 6.92 Å². The lowest BCUT2D eigenvalue weighted by Gasteiger charge is -2.10. The third-order valence-electron chi connectivity index (χ3n) is 5.17. The second-order valence-electron chi connectivity index (χ2n) is 8.10. The molecule has 0 spiro atoms. The number of nitrogens with zero attached hydrogens (tertiary/aromatic N) is 2. The molecular formula is C25H23N5O5S2. The Bertz CT molecular complexity index is 1640.